The molecule has 1 atom stereocenters. The molecule has 1 unspecified atom stereocenters. The van der Waals surface area contributed by atoms with Crippen LogP contribution >= 0.6 is 27.7 Å². The summed E-state index contributed by atoms with van der Waals surface area (Å²) < 4.78 is 0.737. The Bertz CT molecular complexity index is 343. The number of aldehydes is 1. The molecule has 0 aliphatic carbocycles. The van der Waals surface area contributed by atoms with Gasteiger partial charge in [0.1, 0.15) is 0 Å². The zero-order valence-corrected chi connectivity index (χ0v) is 10.3. The fraction of sp³-hybridized carbons (Fsp3) is 0.300. The van der Waals surface area contributed by atoms with E-state index in [0.29, 0.717) is 11.3 Å². The molecule has 0 aliphatic rings. The number of hydrogen-bond acceptors (Lipinski definition) is 4. The number of benzene rings is 1. The van der Waals surface area contributed by atoms with Gasteiger partial charge in [-0.1, -0.05) is 15.9 Å². The maximum atomic E-state index is 10.5. The molecule has 0 heterocycles. The fourth-order valence-electron chi connectivity index (χ4n) is 0.938. The molecule has 3 nitrogen and oxygen atoms in total. The van der Waals surface area contributed by atoms with Gasteiger partial charge >= 0.3 is 0 Å². The normalized spacial score (nSPS) is 12.5. The van der Waals surface area contributed by atoms with E-state index in [0.717, 1.165) is 15.7 Å². The smallest absolute Gasteiger partial charge is 0.151 e. The van der Waals surface area contributed by atoms with Crippen LogP contribution in [0.1, 0.15) is 10.4 Å². The van der Waals surface area contributed by atoms with Crippen LogP contribution in [0.5, 0.6) is 0 Å². The summed E-state index contributed by atoms with van der Waals surface area (Å²) in [4.78, 5) is 11.5. The zero-order valence-electron chi connectivity index (χ0n) is 7.89. The third-order valence-electron chi connectivity index (χ3n) is 1.75. The molecule has 0 spiro atoms. The van der Waals surface area contributed by atoms with Gasteiger partial charge in [0.15, 0.2) is 6.29 Å². The van der Waals surface area contributed by atoms with E-state index in [1.165, 1.54) is 11.8 Å². The molecule has 1 aromatic rings. The molecular formula is C10H11BrO3S. The molecule has 0 fully saturated rings. The van der Waals surface area contributed by atoms with Crippen molar-refractivity contribution in [3.05, 3.63) is 28.2 Å². The molecule has 0 amide bonds. The number of aliphatic hydroxyl groups is 2. The molecule has 1 rings (SSSR count). The molecule has 0 bridgehead atoms. The molecule has 0 aliphatic heterocycles. The summed E-state index contributed by atoms with van der Waals surface area (Å²) in [7, 11) is 0. The highest BCUT2D eigenvalue weighted by molar-refractivity contribution is 9.10. The summed E-state index contributed by atoms with van der Waals surface area (Å²) in [6.07, 6.45) is 0.0701. The number of thioether (sulfide) groups is 1. The van der Waals surface area contributed by atoms with Gasteiger partial charge in [0, 0.05) is 20.7 Å². The van der Waals surface area contributed by atoms with Crippen molar-refractivity contribution >= 4 is 34.0 Å². The van der Waals surface area contributed by atoms with Gasteiger partial charge in [-0.2, -0.15) is 0 Å². The van der Waals surface area contributed by atoms with Crippen LogP contribution in [0.4, 0.5) is 0 Å². The highest BCUT2D eigenvalue weighted by Crippen LogP contribution is 2.24. The van der Waals surface area contributed by atoms with Crippen molar-refractivity contribution in [2.24, 2.45) is 0 Å². The van der Waals surface area contributed by atoms with Crippen LogP contribution in [-0.2, 0) is 0 Å². The lowest BCUT2D eigenvalue weighted by Crippen LogP contribution is -2.14. The Morgan fingerprint density at radius 3 is 2.80 bits per heavy atom. The summed E-state index contributed by atoms with van der Waals surface area (Å²) in [6.45, 7) is -0.236. The van der Waals surface area contributed by atoms with Crippen LogP contribution in [-0.4, -0.2) is 35.0 Å². The zero-order chi connectivity index (χ0) is 11.3. The minimum Gasteiger partial charge on any atom is -0.394 e. The number of hydrogen-bond donors (Lipinski definition) is 2. The molecule has 0 saturated heterocycles. The second-order valence-electron chi connectivity index (χ2n) is 2.95. The van der Waals surface area contributed by atoms with Crippen molar-refractivity contribution < 1.29 is 15.0 Å². The summed E-state index contributed by atoms with van der Waals surface area (Å²) in [5.41, 5.74) is 0.599. The maximum Gasteiger partial charge on any atom is 0.151 e. The first-order chi connectivity index (χ1) is 7.17. The number of carbonyl (C=O) groups is 1. The quantitative estimate of drug-likeness (QED) is 0.640. The van der Waals surface area contributed by atoms with Gasteiger partial charge in [0.05, 0.1) is 12.7 Å². The van der Waals surface area contributed by atoms with Crippen molar-refractivity contribution in [3.8, 4) is 0 Å². The van der Waals surface area contributed by atoms with E-state index >= 15 is 0 Å². The van der Waals surface area contributed by atoms with Crippen LogP contribution in [0.25, 0.3) is 0 Å². The predicted molar refractivity (Wildman–Crippen MR) is 63.3 cm³/mol. The third kappa shape index (κ3) is 3.95. The minimum atomic E-state index is -0.709. The Morgan fingerprint density at radius 1 is 1.53 bits per heavy atom. The van der Waals surface area contributed by atoms with Crippen LogP contribution in [0.2, 0.25) is 0 Å². The Kier molecular flexibility index (Phi) is 5.31. The van der Waals surface area contributed by atoms with Gasteiger partial charge in [0.2, 0.25) is 0 Å². The highest BCUT2D eigenvalue weighted by Gasteiger charge is 2.05. The predicted octanol–water partition coefficient (Wildman–Crippen LogP) is 1.71. The second-order valence-corrected chi connectivity index (χ2v) is 4.90. The van der Waals surface area contributed by atoms with E-state index in [2.05, 4.69) is 15.9 Å². The molecule has 2 N–H and O–H groups in total. The molecule has 0 aromatic heterocycles. The first kappa shape index (κ1) is 12.7. The average Bonchev–Trinajstić information content (AvgIpc) is 2.26. The van der Waals surface area contributed by atoms with E-state index in [4.69, 9.17) is 10.2 Å². The monoisotopic (exact) mass is 290 g/mol. The van der Waals surface area contributed by atoms with E-state index in [1.807, 2.05) is 12.1 Å². The van der Waals surface area contributed by atoms with Gasteiger partial charge in [-0.05, 0) is 18.2 Å². The lowest BCUT2D eigenvalue weighted by molar-refractivity contribution is 0.112. The molecule has 5 heteroatoms. The van der Waals surface area contributed by atoms with Crippen molar-refractivity contribution in [1.29, 1.82) is 0 Å². The summed E-state index contributed by atoms with van der Waals surface area (Å²) >= 11 is 4.71. The Balaban J connectivity index is 2.63. The number of rotatable bonds is 5. The Hall–Kier alpha value is -0.360. The SMILES string of the molecule is O=Cc1ccc(SCC(O)CO)cc1Br. The average molecular weight is 291 g/mol. The summed E-state index contributed by atoms with van der Waals surface area (Å²) in [5.74, 6) is 0.434. The van der Waals surface area contributed by atoms with Crippen molar-refractivity contribution in [3.63, 3.8) is 0 Å². The molecule has 0 radical (unpaired) electrons. The minimum absolute atomic E-state index is 0.236. The van der Waals surface area contributed by atoms with Crippen LogP contribution in [0, 0.1) is 0 Å². The number of aliphatic hydroxyl groups excluding tert-OH is 2. The van der Waals surface area contributed by atoms with Crippen molar-refractivity contribution in [2.45, 2.75) is 11.0 Å². The third-order valence-corrected chi connectivity index (χ3v) is 3.58. The second kappa shape index (κ2) is 6.27. The van der Waals surface area contributed by atoms with Gasteiger partial charge in [0.25, 0.3) is 0 Å². The lowest BCUT2D eigenvalue weighted by atomic mass is 10.2. The van der Waals surface area contributed by atoms with Crippen molar-refractivity contribution in [2.75, 3.05) is 12.4 Å². The molecular weight excluding hydrogens is 280 g/mol. The first-order valence-corrected chi connectivity index (χ1v) is 6.11. The van der Waals surface area contributed by atoms with E-state index in [1.54, 1.807) is 6.07 Å². The first-order valence-electron chi connectivity index (χ1n) is 4.34. The van der Waals surface area contributed by atoms with Gasteiger partial charge < -0.3 is 10.2 Å². The van der Waals surface area contributed by atoms with Crippen molar-refractivity contribution in [1.82, 2.24) is 0 Å². The summed E-state index contributed by atoms with van der Waals surface area (Å²) in [6, 6.07) is 5.34. The number of halogens is 1. The highest BCUT2D eigenvalue weighted by atomic mass is 79.9. The molecule has 82 valence electrons. The maximum absolute atomic E-state index is 10.5. The van der Waals surface area contributed by atoms with Crippen LogP contribution in [0.15, 0.2) is 27.6 Å². The van der Waals surface area contributed by atoms with E-state index in [9.17, 15) is 4.79 Å². The molecule has 0 saturated carbocycles. The Morgan fingerprint density at radius 2 is 2.27 bits per heavy atom. The topological polar surface area (TPSA) is 57.5 Å². The van der Waals surface area contributed by atoms with Crippen LogP contribution in [0.3, 0.4) is 0 Å². The Labute approximate surface area is 101 Å². The van der Waals surface area contributed by atoms with Gasteiger partial charge in [-0.25, -0.2) is 0 Å². The standard InChI is InChI=1S/C10H11BrO3S/c11-10-3-9(2-1-7(10)4-12)15-6-8(14)5-13/h1-4,8,13-14H,5-6H2. The van der Waals surface area contributed by atoms with Gasteiger partial charge in [-0.3, -0.25) is 4.79 Å². The van der Waals surface area contributed by atoms with E-state index < -0.39 is 6.10 Å². The largest absolute Gasteiger partial charge is 0.394 e. The van der Waals surface area contributed by atoms with E-state index in [-0.39, 0.29) is 6.61 Å². The molecule has 1 aromatic carbocycles. The number of carbonyl (C=O) groups excluding carboxylic acids is 1. The van der Waals surface area contributed by atoms with Gasteiger partial charge in [-0.15, -0.1) is 11.8 Å². The molecule has 15 heavy (non-hydrogen) atoms. The fourth-order valence-corrected chi connectivity index (χ4v) is 2.42. The van der Waals surface area contributed by atoms with Crippen LogP contribution < -0.4 is 0 Å². The summed E-state index contributed by atoms with van der Waals surface area (Å²) in [5, 5.41) is 17.8. The lowest BCUT2D eigenvalue weighted by Gasteiger charge is -2.07.